The third-order valence-corrected chi connectivity index (χ3v) is 7.48. The summed E-state index contributed by atoms with van der Waals surface area (Å²) in [4.78, 5) is 24.1. The molecule has 2 amide bonds. The van der Waals surface area contributed by atoms with Gasteiger partial charge in [0.2, 0.25) is 5.91 Å². The third-order valence-electron chi connectivity index (χ3n) is 7.48. The van der Waals surface area contributed by atoms with Crippen molar-refractivity contribution in [1.29, 1.82) is 0 Å². The van der Waals surface area contributed by atoms with Gasteiger partial charge in [-0.3, -0.25) is 20.9 Å². The Labute approximate surface area is 244 Å². The quantitative estimate of drug-likeness (QED) is 0.0440. The Bertz CT molecular complexity index is 841. The highest BCUT2D eigenvalue weighted by Gasteiger charge is 2.42. The topological polar surface area (TPSA) is 129 Å². The number of unbranched alkanes of at least 4 members (excludes halogenated alkanes) is 13. The van der Waals surface area contributed by atoms with Gasteiger partial charge in [-0.15, -0.1) is 0 Å². The lowest BCUT2D eigenvalue weighted by molar-refractivity contribution is -0.121. The molecule has 4 radical (unpaired) electrons. The van der Waals surface area contributed by atoms with Crippen molar-refractivity contribution >= 4 is 38.4 Å². The number of nitrogens with one attached hydrogen (secondary N) is 3. The zero-order valence-electron chi connectivity index (χ0n) is 24.3. The molecule has 3 unspecified atom stereocenters. The Balaban J connectivity index is 1.27. The fourth-order valence-electron chi connectivity index (χ4n) is 5.02. The number of hydrogen-bond acceptors (Lipinski definition) is 6. The second kappa shape index (κ2) is 20.9. The summed E-state index contributed by atoms with van der Waals surface area (Å²) in [5.74, 6) is 5.51. The van der Waals surface area contributed by atoms with Crippen molar-refractivity contribution in [2.75, 3.05) is 13.1 Å². The van der Waals surface area contributed by atoms with Crippen LogP contribution < -0.4 is 32.8 Å². The van der Waals surface area contributed by atoms with E-state index in [2.05, 4.69) is 16.1 Å². The van der Waals surface area contributed by atoms with Crippen molar-refractivity contribution in [3.05, 3.63) is 23.8 Å². The Kier molecular flexibility index (Phi) is 18.0. The normalized spacial score (nSPS) is 16.9. The average molecular weight is 552 g/mol. The Hall–Kier alpha value is -1.87. The minimum Gasteiger partial charge on any atom is -0.366 e. The van der Waals surface area contributed by atoms with E-state index in [0.717, 1.165) is 44.9 Å². The molecule has 0 spiro atoms. The molecule has 1 fully saturated rings. The van der Waals surface area contributed by atoms with Crippen molar-refractivity contribution in [2.24, 2.45) is 5.84 Å². The van der Waals surface area contributed by atoms with E-state index >= 15 is 0 Å². The summed E-state index contributed by atoms with van der Waals surface area (Å²) in [5, 5.41) is 15.2. The molecule has 1 heterocycles. The highest BCUT2D eigenvalue weighted by Crippen LogP contribution is 2.24. The van der Waals surface area contributed by atoms with Crippen LogP contribution in [0.2, 0.25) is 0 Å². The minimum absolute atomic E-state index is 0.0298. The van der Waals surface area contributed by atoms with E-state index in [0.29, 0.717) is 36.0 Å². The zero-order valence-corrected chi connectivity index (χ0v) is 24.3. The number of hydrogen-bond donors (Lipinski definition) is 5. The van der Waals surface area contributed by atoms with Gasteiger partial charge < -0.3 is 20.5 Å². The number of ether oxygens (including phenoxy) is 1. The van der Waals surface area contributed by atoms with Gasteiger partial charge in [-0.2, -0.15) is 0 Å². The number of benzene rings is 1. The maximum absolute atomic E-state index is 12.2. The van der Waals surface area contributed by atoms with Gasteiger partial charge in [-0.05, 0) is 32.1 Å². The van der Waals surface area contributed by atoms with Crippen LogP contribution in [0.25, 0.3) is 0 Å². The number of nitrogens with two attached hydrogens (primary N) is 1. The molecule has 2 rings (SSSR count). The number of epoxide rings is 1. The predicted octanol–water partition coefficient (Wildman–Crippen LogP) is 2.30. The predicted molar refractivity (Wildman–Crippen MR) is 163 cm³/mol. The van der Waals surface area contributed by atoms with Crippen LogP contribution in [0.15, 0.2) is 18.2 Å². The first-order valence-corrected chi connectivity index (χ1v) is 15.4. The summed E-state index contributed by atoms with van der Waals surface area (Å²) in [7, 11) is 11.5. The highest BCUT2D eigenvalue weighted by atomic mass is 16.7. The molecule has 1 aliphatic rings. The Morgan fingerprint density at radius 3 is 1.77 bits per heavy atom. The van der Waals surface area contributed by atoms with Crippen molar-refractivity contribution in [3.8, 4) is 0 Å². The third kappa shape index (κ3) is 15.8. The van der Waals surface area contributed by atoms with E-state index in [9.17, 15) is 14.7 Å². The molecule has 6 N–H and O–H groups in total. The molecule has 0 bridgehead atoms. The molecule has 8 nitrogen and oxygen atoms in total. The summed E-state index contributed by atoms with van der Waals surface area (Å²) in [6, 6.07) is 4.91. The number of aliphatic hydroxyl groups is 1. The number of carbonyl (C=O) groups excluding carboxylic acids is 2. The Morgan fingerprint density at radius 1 is 0.775 bits per heavy atom. The number of rotatable bonds is 24. The van der Waals surface area contributed by atoms with Crippen molar-refractivity contribution in [3.63, 3.8) is 0 Å². The average Bonchev–Trinajstić information content (AvgIpc) is 3.65. The first-order valence-electron chi connectivity index (χ1n) is 15.4. The van der Waals surface area contributed by atoms with Gasteiger partial charge in [0.1, 0.15) is 21.8 Å². The molecule has 10 heteroatoms. The van der Waals surface area contributed by atoms with Gasteiger partial charge in [-0.1, -0.05) is 99.8 Å². The molecular weight excluding hydrogens is 502 g/mol. The van der Waals surface area contributed by atoms with E-state index in [-0.39, 0.29) is 24.0 Å². The number of amides is 2. The molecule has 0 aliphatic carbocycles. The maximum Gasteiger partial charge on any atom is 0.251 e. The largest absolute Gasteiger partial charge is 0.366 e. The summed E-state index contributed by atoms with van der Waals surface area (Å²) in [6.07, 6.45) is 18.0. The molecule has 0 aromatic heterocycles. The number of hydrazine groups is 1. The fourth-order valence-corrected chi connectivity index (χ4v) is 5.02. The van der Waals surface area contributed by atoms with Gasteiger partial charge in [0, 0.05) is 25.1 Å². The number of aliphatic hydroxyl groups excluding tert-OH is 1. The lowest BCUT2D eigenvalue weighted by Crippen LogP contribution is -2.40. The van der Waals surface area contributed by atoms with E-state index in [4.69, 9.17) is 26.3 Å². The van der Waals surface area contributed by atoms with Gasteiger partial charge in [-0.25, -0.2) is 0 Å². The van der Waals surface area contributed by atoms with Gasteiger partial charge in [0.25, 0.3) is 5.91 Å². The summed E-state index contributed by atoms with van der Waals surface area (Å²) < 4.78 is 5.03. The van der Waals surface area contributed by atoms with E-state index in [1.807, 2.05) is 0 Å². The fraction of sp³-hybridized carbons (Fsp3) is 0.733. The van der Waals surface area contributed by atoms with Crippen molar-refractivity contribution < 1.29 is 19.4 Å². The number of carbonyl (C=O) groups is 2. The van der Waals surface area contributed by atoms with Gasteiger partial charge >= 0.3 is 0 Å². The van der Waals surface area contributed by atoms with Gasteiger partial charge in [0.15, 0.2) is 6.29 Å². The second-order valence-corrected chi connectivity index (χ2v) is 11.1. The second-order valence-electron chi connectivity index (χ2n) is 11.1. The molecular formula is C30H50B2N4O4. The highest BCUT2D eigenvalue weighted by molar-refractivity contribution is 6.38. The van der Waals surface area contributed by atoms with Crippen LogP contribution in [0.1, 0.15) is 120 Å². The standard InChI is InChI=1S/C30H50B2N4O4/c31-24-20-23(21-25(32)22-24)29(38)35-19-14-11-9-7-5-3-1-2-4-6-8-10-12-17-27(37)34-18-15-13-16-26(36-33)28-30(39)40-28/h20-22,26,28,30,36,39H,1-19,33H2,(H,34,37)(H,35,38). The summed E-state index contributed by atoms with van der Waals surface area (Å²) >= 11 is 0. The molecule has 3 atom stereocenters. The van der Waals surface area contributed by atoms with Crippen LogP contribution in [0.4, 0.5) is 0 Å². The summed E-state index contributed by atoms with van der Waals surface area (Å²) in [6.45, 7) is 1.36. The monoisotopic (exact) mass is 552 g/mol. The van der Waals surface area contributed by atoms with Crippen LogP contribution in [-0.4, -0.2) is 64.1 Å². The summed E-state index contributed by atoms with van der Waals surface area (Å²) in [5.41, 5.74) is 4.21. The molecule has 1 aromatic carbocycles. The van der Waals surface area contributed by atoms with Crippen LogP contribution in [0.3, 0.4) is 0 Å². The van der Waals surface area contributed by atoms with Gasteiger partial charge in [0.05, 0.1) is 6.04 Å². The van der Waals surface area contributed by atoms with Crippen molar-refractivity contribution in [1.82, 2.24) is 16.1 Å². The van der Waals surface area contributed by atoms with Crippen LogP contribution in [-0.2, 0) is 9.53 Å². The minimum atomic E-state index is -0.689. The smallest absolute Gasteiger partial charge is 0.251 e. The van der Waals surface area contributed by atoms with Crippen molar-refractivity contribution in [2.45, 2.75) is 128 Å². The van der Waals surface area contributed by atoms with E-state index in [1.165, 1.54) is 57.8 Å². The SMILES string of the molecule is [B]c1cc([B])cc(C(=O)NCCCCCCCCCCCCCCCC(=O)NCCCCC(NN)C2OC2O)c1. The molecule has 220 valence electrons. The molecule has 40 heavy (non-hydrogen) atoms. The van der Waals surface area contributed by atoms with Crippen LogP contribution >= 0.6 is 0 Å². The van der Waals surface area contributed by atoms with Crippen LogP contribution in [0.5, 0.6) is 0 Å². The van der Waals surface area contributed by atoms with Crippen LogP contribution in [0, 0.1) is 0 Å². The molecule has 1 saturated heterocycles. The first kappa shape index (κ1) is 34.3. The Morgan fingerprint density at radius 2 is 1.25 bits per heavy atom. The lowest BCUT2D eigenvalue weighted by atomic mass is 9.85. The molecule has 1 aliphatic heterocycles. The first-order chi connectivity index (χ1) is 19.4. The van der Waals surface area contributed by atoms with E-state index in [1.54, 1.807) is 18.2 Å². The van der Waals surface area contributed by atoms with E-state index < -0.39 is 6.29 Å². The lowest BCUT2D eigenvalue weighted by Gasteiger charge is -2.12. The molecule has 0 saturated carbocycles. The molecule has 1 aromatic rings. The maximum atomic E-state index is 12.2. The zero-order chi connectivity index (χ0) is 29.0.